The van der Waals surface area contributed by atoms with E-state index in [1.165, 1.54) is 0 Å². The Morgan fingerprint density at radius 2 is 0.331 bits per heavy atom. The number of carbonyl (C=O) groups excluding carboxylic acids is 25. The number of carbonyl (C=O) groups is 25. The number of nitrogens with one attached hydrogen (secondary N) is 10. The summed E-state index contributed by atoms with van der Waals surface area (Å²) in [6.45, 7) is 26.4. The van der Waals surface area contributed by atoms with Crippen molar-refractivity contribution in [1.29, 1.82) is 0 Å². The maximum absolute atomic E-state index is 12.0. The van der Waals surface area contributed by atoms with Crippen molar-refractivity contribution in [3.63, 3.8) is 0 Å². The van der Waals surface area contributed by atoms with Crippen LogP contribution in [0, 0.1) is 0 Å². The van der Waals surface area contributed by atoms with Crippen LogP contribution in [0.5, 0.6) is 0 Å². The van der Waals surface area contributed by atoms with Crippen LogP contribution in [-0.4, -0.2) is 487 Å². The van der Waals surface area contributed by atoms with Crippen LogP contribution in [0.3, 0.4) is 0 Å². The smallest absolute Gasteiger partial charge is 0.330 e. The van der Waals surface area contributed by atoms with E-state index in [-0.39, 0.29) is 153 Å². The molecule has 0 bridgehead atoms. The second kappa shape index (κ2) is 67.1. The molecule has 10 fully saturated rings. The summed E-state index contributed by atoms with van der Waals surface area (Å²) in [5, 5.41) is 29.3. The largest absolute Gasteiger partial charge is 0.359 e. The molecule has 20 amide bonds. The second-order valence-electron chi connectivity index (χ2n) is 35.6. The highest BCUT2D eigenvalue weighted by Gasteiger charge is 2.41. The number of piperazine rings is 5. The zero-order valence-corrected chi connectivity index (χ0v) is 88.4. The van der Waals surface area contributed by atoms with Gasteiger partial charge in [0.15, 0.2) is 0 Å². The third kappa shape index (κ3) is 48.7. The molecule has 0 radical (unpaired) electrons. The van der Waals surface area contributed by atoms with Crippen molar-refractivity contribution in [3.8, 4) is 0 Å². The molecule has 55 nitrogen and oxygen atoms in total. The fraction of sp³-hybridized carbons (Fsp3) is 0.722. The van der Waals surface area contributed by atoms with Crippen molar-refractivity contribution >= 4 is 148 Å². The van der Waals surface area contributed by atoms with Crippen LogP contribution >= 0.6 is 0 Å². The topological polar surface area (TPSA) is 642 Å². The van der Waals surface area contributed by atoms with E-state index in [1.54, 1.807) is 35.2 Å². The first kappa shape index (κ1) is 130. The first-order chi connectivity index (χ1) is 67.8. The minimum atomic E-state index is -0.659. The van der Waals surface area contributed by atoms with Gasteiger partial charge in [-0.15, -0.1) is 25.3 Å². The zero-order chi connectivity index (χ0) is 111. The second-order valence-corrected chi connectivity index (χ2v) is 35.6. The van der Waals surface area contributed by atoms with Crippen LogP contribution in [0.2, 0.25) is 0 Å². The lowest BCUT2D eigenvalue weighted by Crippen LogP contribution is -2.59. The minimum Gasteiger partial charge on any atom is -0.359 e. The first-order valence-electron chi connectivity index (χ1n) is 47.5. The van der Waals surface area contributed by atoms with E-state index in [9.17, 15) is 120 Å². The molecule has 10 rings (SSSR count). The average molecular weight is 2110 g/mol. The highest BCUT2D eigenvalue weighted by atomic mass is 16.8. The fourth-order valence-corrected chi connectivity index (χ4v) is 14.4. The van der Waals surface area contributed by atoms with Gasteiger partial charge in [0.25, 0.3) is 59.1 Å². The quantitative estimate of drug-likeness (QED) is 0.0231. The zero-order valence-electron chi connectivity index (χ0n) is 88.4. The Labute approximate surface area is 845 Å². The lowest BCUT2D eigenvalue weighted by atomic mass is 10.2. The van der Waals surface area contributed by atoms with Crippen molar-refractivity contribution in [1.82, 2.24) is 127 Å². The standard InChI is InChI=1S/5C12H24N4O2.5C6H7NO4/c5*1-9-7-16(4)10(8-15(9)3)12(18)14-6-5-11(17)13-2;5*1-4(8)11-7-5(9)2-3-6(7)10/h5*9-10H,5-8H2,1-4H3,(H,13,17)(H,14,18);5*2-3H2,1H3/i1+1,2+1,3+1,4+1,7+1,9+1,13+1,15+1;2+1,3+1,4+1,7+1,13+1,15+1,16+1;2+1,3+1,4+1,7+1,11+1,13+1,15+1;2+1,3+1,4+1,7+1,9+1,13+1,15+1;2+1,3+1,4+1,7+1,9+1,11+1,13+1;5*1+1,4+1. The summed E-state index contributed by atoms with van der Waals surface area (Å²) in [5.41, 5.74) is 0. The van der Waals surface area contributed by atoms with Gasteiger partial charge in [-0.1, -0.05) is 0 Å². The molecule has 820 valence electrons. The summed E-state index contributed by atoms with van der Waals surface area (Å²) < 4.78 is 0. The number of amides is 20. The highest BCUT2D eigenvalue weighted by Crippen LogP contribution is 2.20. The molecule has 0 aromatic rings. The summed E-state index contributed by atoms with van der Waals surface area (Å²) in [7, 11) is 27.9. The number of imide groups is 5. The molecule has 10 N–H and O–H groups in total. The molecule has 10 heterocycles. The van der Waals surface area contributed by atoms with Gasteiger partial charge in [0.2, 0.25) is 59.1 Å². The Kier molecular flexibility index (Phi) is 60.3. The van der Waals surface area contributed by atoms with E-state index in [0.717, 1.165) is 100 Å². The molecule has 0 aromatic heterocycles. The van der Waals surface area contributed by atoms with E-state index in [1.807, 2.05) is 70.5 Å². The summed E-state index contributed by atoms with van der Waals surface area (Å²) in [6.07, 6.45) is 2.93. The predicted octanol–water partition coefficient (Wildman–Crippen LogP) is -7.57. The number of hydroxylamine groups is 10. The van der Waals surface area contributed by atoms with Crippen molar-refractivity contribution in [3.05, 3.63) is 0 Å². The molecular formula is C90H155N25O30. The van der Waals surface area contributed by atoms with Gasteiger partial charge < -0.3 is 102 Å². The monoisotopic (exact) mass is 2110 g/mol. The molecular weight excluding hydrogens is 1960 g/mol. The molecule has 10 unspecified atom stereocenters. The van der Waals surface area contributed by atoms with Gasteiger partial charge in [0.1, 0.15) is 30.2 Å². The lowest BCUT2D eigenvalue weighted by Gasteiger charge is -2.41. The number of rotatable bonds is 25. The van der Waals surface area contributed by atoms with Gasteiger partial charge in [-0.3, -0.25) is 120 Å². The summed E-state index contributed by atoms with van der Waals surface area (Å²) in [4.78, 5) is 317. The summed E-state index contributed by atoms with van der Waals surface area (Å²) in [5.74, 6) is -8.11. The Hall–Kier alpha value is -12.6. The van der Waals surface area contributed by atoms with Crippen molar-refractivity contribution in [2.75, 3.05) is 204 Å². The average Bonchev–Trinajstić information content (AvgIpc) is 0.929. The maximum atomic E-state index is 12.0. The SMILES string of the molecule is CC1[13CH2]N([13CH3])C(C(=O)NCC[13C](=O)[15NH][13CH3])C[15N]1[13CH3].CC1[13CH2][15N]([13CH3])C(C(=O)NCCC(=O)[15NH][13CH3])C[15N]1[13CH3].C[13CH]1[13CH2]N([13CH3])C(C(=O)NCCC(=O)[15NH][13CH3])C[15N]1[13CH3].C[13CH]1[13CH2]N([13CH3])C(C(=O)NCC[13C](=O)[15NH][13CH3])CN1[13CH3].[13CH3][13C](=O)ON1C(=O)CCC1=O.[13CH3][13C](=O)ON1C(=O)CCC1=O.[13CH3][13C](=O)ON1C(=O)CCC1=O.[13CH3][13C](=O)ON1C(=O)CCC1=O.[13CH3][13C](=O)ON1C(=O)CCC1=O.[13CH3][15NH]C(=O)CCNC(=O)C1C[15N]([13CH3])[13CH]([13CH3])[13CH2]N1[13CH3]. The first-order valence-corrected chi connectivity index (χ1v) is 47.5. The maximum Gasteiger partial charge on any atom is 0.330 e. The third-order valence-corrected chi connectivity index (χ3v) is 23.8. The molecule has 10 aliphatic rings. The molecule has 10 saturated heterocycles. The van der Waals surface area contributed by atoms with Gasteiger partial charge >= 0.3 is 29.8 Å². The Bertz CT molecular complexity index is 3750. The number of nitrogens with zero attached hydrogens (tertiary/aromatic N) is 15. The predicted molar refractivity (Wildman–Crippen MR) is 515 cm³/mol. The van der Waals surface area contributed by atoms with E-state index in [2.05, 4.69) is 161 Å². The fourth-order valence-electron chi connectivity index (χ4n) is 14.4. The molecule has 0 aliphatic carbocycles. The van der Waals surface area contributed by atoms with Gasteiger partial charge in [-0.2, -0.15) is 0 Å². The van der Waals surface area contributed by atoms with Crippen LogP contribution in [0.4, 0.5) is 0 Å². The molecule has 0 saturated carbocycles. The number of likely N-dealkylation sites (N-methyl/N-ethyl adjacent to an activating group) is 10. The van der Waals surface area contributed by atoms with Gasteiger partial charge in [0.05, 0.1) is 0 Å². The molecule has 145 heavy (non-hydrogen) atoms. The van der Waals surface area contributed by atoms with Crippen molar-refractivity contribution in [2.24, 2.45) is 0 Å². The molecule has 0 spiro atoms. The van der Waals surface area contributed by atoms with Crippen LogP contribution in [0.15, 0.2) is 0 Å². The van der Waals surface area contributed by atoms with Gasteiger partial charge in [-0.05, 0) is 105 Å². The van der Waals surface area contributed by atoms with Crippen LogP contribution in [0.1, 0.15) is 166 Å². The lowest BCUT2D eigenvalue weighted by molar-refractivity contribution is -0.195. The van der Waals surface area contributed by atoms with Crippen molar-refractivity contribution in [2.45, 2.75) is 226 Å². The summed E-state index contributed by atoms with van der Waals surface area (Å²) in [6, 6.07) is 1.67. The van der Waals surface area contributed by atoms with Gasteiger partial charge in [-0.25, -0.2) is 24.0 Å². The van der Waals surface area contributed by atoms with Crippen LogP contribution < -0.4 is 53.2 Å². The third-order valence-electron chi connectivity index (χ3n) is 23.8. The normalized spacial score (nSPS) is 22.6. The Balaban J connectivity index is 0.000000811. The Morgan fingerprint density at radius 1 is 0.214 bits per heavy atom. The van der Waals surface area contributed by atoms with Crippen molar-refractivity contribution < 1.29 is 144 Å². The minimum absolute atomic E-state index is 0.000142. The van der Waals surface area contributed by atoms with E-state index in [0.29, 0.717) is 120 Å². The number of hydrogen-bond acceptors (Lipinski definition) is 40. The molecule has 0 aromatic carbocycles. The number of hydrogen-bond donors (Lipinski definition) is 10. The van der Waals surface area contributed by atoms with E-state index < -0.39 is 88.9 Å². The van der Waals surface area contributed by atoms with Crippen LogP contribution in [0.25, 0.3) is 0 Å². The highest BCUT2D eigenvalue weighted by molar-refractivity contribution is 6.04. The van der Waals surface area contributed by atoms with Gasteiger partial charge in [0, 0.05) is 295 Å². The van der Waals surface area contributed by atoms with Crippen LogP contribution in [-0.2, 0) is 144 Å². The Morgan fingerprint density at radius 3 is 0.434 bits per heavy atom. The summed E-state index contributed by atoms with van der Waals surface area (Å²) >= 11 is 0. The van der Waals surface area contributed by atoms with E-state index >= 15 is 0 Å². The molecule has 55 heteroatoms. The van der Waals surface area contributed by atoms with E-state index in [4.69, 9.17) is 0 Å². The molecule has 10 aliphatic heterocycles. The molecule has 10 atom stereocenters.